The Labute approximate surface area is 89.5 Å². The van der Waals surface area contributed by atoms with E-state index in [1.54, 1.807) is 12.3 Å². The molecule has 0 bridgehead atoms. The summed E-state index contributed by atoms with van der Waals surface area (Å²) in [6.07, 6.45) is 1.95. The highest BCUT2D eigenvalue weighted by Gasteiger charge is 2.17. The zero-order chi connectivity index (χ0) is 11.3. The van der Waals surface area contributed by atoms with Gasteiger partial charge < -0.3 is 14.9 Å². The largest absolute Gasteiger partial charge is 0.492 e. The number of rotatable bonds is 5. The number of ether oxygens (including phenoxy) is 1. The third kappa shape index (κ3) is 3.18. The molecule has 2 unspecified atom stereocenters. The van der Waals surface area contributed by atoms with Crippen LogP contribution in [0, 0.1) is 0 Å². The Balaban J connectivity index is 2.80. The average Bonchev–Trinajstić information content (AvgIpc) is 2.28. The molecule has 2 atom stereocenters. The summed E-state index contributed by atoms with van der Waals surface area (Å²) in [4.78, 5) is 3.94. The van der Waals surface area contributed by atoms with Crippen LogP contribution in [0.4, 0.5) is 0 Å². The van der Waals surface area contributed by atoms with Gasteiger partial charge >= 0.3 is 0 Å². The summed E-state index contributed by atoms with van der Waals surface area (Å²) in [5.41, 5.74) is 0.579. The molecule has 1 aromatic heterocycles. The van der Waals surface area contributed by atoms with E-state index < -0.39 is 12.2 Å². The highest BCUT2D eigenvalue weighted by atomic mass is 16.5. The second kappa shape index (κ2) is 5.68. The molecule has 0 aliphatic rings. The van der Waals surface area contributed by atoms with E-state index in [9.17, 15) is 10.2 Å². The number of aromatic nitrogens is 1. The summed E-state index contributed by atoms with van der Waals surface area (Å²) < 4.78 is 5.25. The van der Waals surface area contributed by atoms with Crippen LogP contribution in [0.1, 0.15) is 31.9 Å². The summed E-state index contributed by atoms with van der Waals surface area (Å²) in [6.45, 7) is 4.25. The molecule has 15 heavy (non-hydrogen) atoms. The van der Waals surface area contributed by atoms with Gasteiger partial charge in [0.15, 0.2) is 0 Å². The van der Waals surface area contributed by atoms with Crippen molar-refractivity contribution in [3.8, 4) is 5.75 Å². The fraction of sp³-hybridized carbons (Fsp3) is 0.545. The van der Waals surface area contributed by atoms with E-state index in [2.05, 4.69) is 4.98 Å². The Morgan fingerprint density at radius 3 is 2.67 bits per heavy atom. The Morgan fingerprint density at radius 1 is 1.33 bits per heavy atom. The van der Waals surface area contributed by atoms with Gasteiger partial charge in [-0.1, -0.05) is 6.92 Å². The van der Waals surface area contributed by atoms with E-state index in [4.69, 9.17) is 4.74 Å². The quantitative estimate of drug-likeness (QED) is 0.770. The van der Waals surface area contributed by atoms with Gasteiger partial charge in [-0.25, -0.2) is 0 Å². The maximum absolute atomic E-state index is 9.74. The van der Waals surface area contributed by atoms with Crippen molar-refractivity contribution in [3.63, 3.8) is 0 Å². The Kier molecular flexibility index (Phi) is 4.52. The van der Waals surface area contributed by atoms with Crippen molar-refractivity contribution in [3.05, 3.63) is 24.0 Å². The highest BCUT2D eigenvalue weighted by Crippen LogP contribution is 2.21. The van der Waals surface area contributed by atoms with E-state index in [1.807, 2.05) is 13.8 Å². The molecule has 0 fully saturated rings. The molecule has 2 N–H and O–H groups in total. The minimum Gasteiger partial charge on any atom is -0.492 e. The van der Waals surface area contributed by atoms with Gasteiger partial charge in [0.25, 0.3) is 0 Å². The molecule has 0 amide bonds. The fourth-order valence-corrected chi connectivity index (χ4v) is 1.29. The van der Waals surface area contributed by atoms with Crippen molar-refractivity contribution in [2.24, 2.45) is 0 Å². The van der Waals surface area contributed by atoms with Gasteiger partial charge in [0, 0.05) is 11.8 Å². The highest BCUT2D eigenvalue weighted by molar-refractivity contribution is 5.25. The topological polar surface area (TPSA) is 62.6 Å². The lowest BCUT2D eigenvalue weighted by Gasteiger charge is -2.16. The molecule has 0 aromatic carbocycles. The third-order valence-corrected chi connectivity index (χ3v) is 2.17. The Hall–Kier alpha value is -1.13. The van der Waals surface area contributed by atoms with Gasteiger partial charge in [-0.3, -0.25) is 4.98 Å². The van der Waals surface area contributed by atoms with E-state index in [0.717, 1.165) is 0 Å². The van der Waals surface area contributed by atoms with Gasteiger partial charge in [0.2, 0.25) is 0 Å². The van der Waals surface area contributed by atoms with Gasteiger partial charge in [-0.05, 0) is 19.4 Å². The number of hydrogen-bond acceptors (Lipinski definition) is 4. The molecular formula is C11H17NO3. The Bertz CT molecular complexity index is 304. The second-order valence-corrected chi connectivity index (χ2v) is 3.31. The van der Waals surface area contributed by atoms with Crippen LogP contribution in [0.3, 0.4) is 0 Å². The Morgan fingerprint density at radius 2 is 2.07 bits per heavy atom. The zero-order valence-electron chi connectivity index (χ0n) is 9.05. The molecule has 84 valence electrons. The predicted molar refractivity (Wildman–Crippen MR) is 56.7 cm³/mol. The monoisotopic (exact) mass is 211 g/mol. The molecular weight excluding hydrogens is 194 g/mol. The lowest BCUT2D eigenvalue weighted by atomic mass is 10.0. The molecule has 1 rings (SSSR count). The van der Waals surface area contributed by atoms with E-state index in [1.165, 1.54) is 6.20 Å². The first-order chi connectivity index (χ1) is 7.19. The standard InChI is InChI=1S/C11H17NO3/c1-3-10(13)11(14)8-5-9(15-4-2)7-12-6-8/h5-7,10-11,13-14H,3-4H2,1-2H3. The van der Waals surface area contributed by atoms with Crippen LogP contribution in [0.2, 0.25) is 0 Å². The van der Waals surface area contributed by atoms with Crippen LogP contribution in [0.25, 0.3) is 0 Å². The summed E-state index contributed by atoms with van der Waals surface area (Å²) in [5, 5.41) is 19.2. The lowest BCUT2D eigenvalue weighted by molar-refractivity contribution is 0.0161. The van der Waals surface area contributed by atoms with Crippen molar-refractivity contribution in [2.75, 3.05) is 6.61 Å². The summed E-state index contributed by atoms with van der Waals surface area (Å²) >= 11 is 0. The van der Waals surface area contributed by atoms with Crippen LogP contribution in [0.5, 0.6) is 5.75 Å². The smallest absolute Gasteiger partial charge is 0.137 e. The minimum absolute atomic E-state index is 0.500. The van der Waals surface area contributed by atoms with E-state index >= 15 is 0 Å². The van der Waals surface area contributed by atoms with Crippen LogP contribution in [0.15, 0.2) is 18.5 Å². The molecule has 0 radical (unpaired) electrons. The number of aliphatic hydroxyl groups is 2. The van der Waals surface area contributed by atoms with Crippen LogP contribution in [-0.4, -0.2) is 27.9 Å². The lowest BCUT2D eigenvalue weighted by Crippen LogP contribution is -2.17. The fourth-order valence-electron chi connectivity index (χ4n) is 1.29. The number of aliphatic hydroxyl groups excluding tert-OH is 2. The number of pyridine rings is 1. The van der Waals surface area contributed by atoms with Gasteiger partial charge in [-0.2, -0.15) is 0 Å². The van der Waals surface area contributed by atoms with Crippen molar-refractivity contribution in [2.45, 2.75) is 32.5 Å². The average molecular weight is 211 g/mol. The number of nitrogens with zero attached hydrogens (tertiary/aromatic N) is 1. The maximum Gasteiger partial charge on any atom is 0.137 e. The molecule has 0 saturated heterocycles. The summed E-state index contributed by atoms with van der Waals surface area (Å²) in [7, 11) is 0. The summed E-state index contributed by atoms with van der Waals surface area (Å²) in [5.74, 6) is 0.609. The SMILES string of the molecule is CCOc1cncc(C(O)C(O)CC)c1. The van der Waals surface area contributed by atoms with Crippen molar-refractivity contribution >= 4 is 0 Å². The van der Waals surface area contributed by atoms with E-state index in [-0.39, 0.29) is 0 Å². The second-order valence-electron chi connectivity index (χ2n) is 3.31. The van der Waals surface area contributed by atoms with Crippen molar-refractivity contribution in [1.82, 2.24) is 4.98 Å². The maximum atomic E-state index is 9.74. The molecule has 0 spiro atoms. The molecule has 1 heterocycles. The molecule has 0 aliphatic heterocycles. The molecule has 0 saturated carbocycles. The zero-order valence-corrected chi connectivity index (χ0v) is 9.05. The minimum atomic E-state index is -0.900. The first-order valence-electron chi connectivity index (χ1n) is 5.12. The first-order valence-corrected chi connectivity index (χ1v) is 5.12. The molecule has 1 aromatic rings. The van der Waals surface area contributed by atoms with Gasteiger partial charge in [-0.15, -0.1) is 0 Å². The van der Waals surface area contributed by atoms with Crippen LogP contribution in [-0.2, 0) is 0 Å². The number of hydrogen-bond donors (Lipinski definition) is 2. The molecule has 4 heteroatoms. The van der Waals surface area contributed by atoms with Crippen molar-refractivity contribution < 1.29 is 14.9 Å². The first kappa shape index (κ1) is 11.9. The van der Waals surface area contributed by atoms with Crippen molar-refractivity contribution in [1.29, 1.82) is 0 Å². The molecule has 0 aliphatic carbocycles. The van der Waals surface area contributed by atoms with E-state index in [0.29, 0.717) is 24.3 Å². The van der Waals surface area contributed by atoms with Crippen LogP contribution >= 0.6 is 0 Å². The normalized spacial score (nSPS) is 14.7. The van der Waals surface area contributed by atoms with Crippen LogP contribution < -0.4 is 4.74 Å². The predicted octanol–water partition coefficient (Wildman–Crippen LogP) is 1.28. The molecule has 4 nitrogen and oxygen atoms in total. The van der Waals surface area contributed by atoms with Gasteiger partial charge in [0.1, 0.15) is 11.9 Å². The summed E-state index contributed by atoms with van der Waals surface area (Å²) in [6, 6.07) is 1.69. The van der Waals surface area contributed by atoms with Gasteiger partial charge in [0.05, 0.1) is 18.9 Å². The third-order valence-electron chi connectivity index (χ3n) is 2.17.